The molecule has 2 unspecified atom stereocenters. The molecule has 3 atom stereocenters. The lowest BCUT2D eigenvalue weighted by Gasteiger charge is -2.38. The summed E-state index contributed by atoms with van der Waals surface area (Å²) < 4.78 is 5.36. The molecule has 4 rings (SSSR count). The Morgan fingerprint density at radius 2 is 2.12 bits per heavy atom. The number of aromatic amines is 2. The van der Waals surface area contributed by atoms with E-state index in [9.17, 15) is 19.6 Å². The number of carbonyl (C=O) groups excluding carboxylic acids is 2. The van der Waals surface area contributed by atoms with Gasteiger partial charge < -0.3 is 19.6 Å². The van der Waals surface area contributed by atoms with Crippen LogP contribution in [0.5, 0.6) is 5.75 Å². The highest BCUT2D eigenvalue weighted by atomic mass is 16.5. The Kier molecular flexibility index (Phi) is 6.31. The second-order valence-corrected chi connectivity index (χ2v) is 8.63. The molecule has 2 aromatic heterocycles. The van der Waals surface area contributed by atoms with Crippen molar-refractivity contribution in [2.75, 3.05) is 13.7 Å². The Morgan fingerprint density at radius 3 is 2.85 bits per heavy atom. The van der Waals surface area contributed by atoms with Crippen LogP contribution in [-0.4, -0.2) is 46.3 Å². The summed E-state index contributed by atoms with van der Waals surface area (Å²) in [7, 11) is 1.58. The normalized spacial score (nSPS) is 19.3. The molecule has 1 saturated heterocycles. The van der Waals surface area contributed by atoms with Crippen molar-refractivity contribution in [3.8, 4) is 11.8 Å². The quantitative estimate of drug-likeness (QED) is 0.541. The summed E-state index contributed by atoms with van der Waals surface area (Å²) in [6.07, 6.45) is 2.31. The summed E-state index contributed by atoms with van der Waals surface area (Å²) in [4.78, 5) is 45.7. The highest BCUT2D eigenvalue weighted by Crippen LogP contribution is 2.30. The van der Waals surface area contributed by atoms with Crippen molar-refractivity contribution in [3.63, 3.8) is 0 Å². The van der Waals surface area contributed by atoms with Crippen molar-refractivity contribution < 1.29 is 14.3 Å². The van der Waals surface area contributed by atoms with Gasteiger partial charge >= 0.3 is 0 Å². The first kappa shape index (κ1) is 22.3. The van der Waals surface area contributed by atoms with Gasteiger partial charge in [-0.05, 0) is 36.6 Å². The molecule has 3 aromatic rings. The Hall–Kier alpha value is -3.86. The van der Waals surface area contributed by atoms with Crippen LogP contribution in [0.1, 0.15) is 35.8 Å². The van der Waals surface area contributed by atoms with E-state index in [0.717, 1.165) is 10.9 Å². The molecule has 0 radical (unpaired) electrons. The molecule has 1 aromatic carbocycles. The number of aromatic nitrogens is 2. The van der Waals surface area contributed by atoms with E-state index < -0.39 is 12.0 Å². The van der Waals surface area contributed by atoms with Gasteiger partial charge in [0.2, 0.25) is 5.91 Å². The van der Waals surface area contributed by atoms with Crippen LogP contribution in [0.4, 0.5) is 0 Å². The molecule has 8 nitrogen and oxygen atoms in total. The maximum absolute atomic E-state index is 13.3. The summed E-state index contributed by atoms with van der Waals surface area (Å²) in [6.45, 7) is 2.44. The van der Waals surface area contributed by atoms with E-state index in [2.05, 4.69) is 16.0 Å². The standard InChI is InChI=1S/C25H26N4O4/c1-15-9-17(11-22(30)21-12-19-20(28-21)6-3-7-23(19)33-2)25(32)29(14-15)18(13-26)10-16-5-4-8-27-24(16)31/h3-8,12,15,17-18,28H,9-11,14H2,1-2H3,(H,27,31)/t15?,17-,18?/m1/s1. The number of benzene rings is 1. The second kappa shape index (κ2) is 9.33. The fraction of sp³-hybridized carbons (Fsp3) is 0.360. The third-order valence-corrected chi connectivity index (χ3v) is 6.24. The molecular weight excluding hydrogens is 420 g/mol. The zero-order valence-electron chi connectivity index (χ0n) is 18.6. The maximum atomic E-state index is 13.3. The molecule has 0 spiro atoms. The molecule has 33 heavy (non-hydrogen) atoms. The SMILES string of the molecule is COc1cccc2[nH]c(C(=O)C[C@H]3CC(C)CN(C(C#N)Cc4ccc[nH]c4=O)C3=O)cc12. The van der Waals surface area contributed by atoms with Gasteiger partial charge in [0.15, 0.2) is 5.78 Å². The number of amides is 1. The van der Waals surface area contributed by atoms with Gasteiger partial charge in [0.1, 0.15) is 11.8 Å². The minimum absolute atomic E-state index is 0.0544. The zero-order chi connectivity index (χ0) is 23.5. The minimum atomic E-state index is -0.765. The average Bonchev–Trinajstić information content (AvgIpc) is 3.25. The molecule has 1 aliphatic heterocycles. The number of hydrogen-bond acceptors (Lipinski definition) is 5. The number of rotatable bonds is 7. The number of H-pyrrole nitrogens is 2. The number of ether oxygens (including phenoxy) is 1. The molecular formula is C25H26N4O4. The first-order valence-corrected chi connectivity index (χ1v) is 11.0. The third-order valence-electron chi connectivity index (χ3n) is 6.24. The zero-order valence-corrected chi connectivity index (χ0v) is 18.6. The number of Topliss-reactive ketones (excluding diaryl/α,β-unsaturated/α-hetero) is 1. The van der Waals surface area contributed by atoms with Crippen molar-refractivity contribution in [2.24, 2.45) is 11.8 Å². The Labute approximate surface area is 191 Å². The molecule has 1 amide bonds. The number of nitriles is 1. The van der Waals surface area contributed by atoms with Crippen LogP contribution < -0.4 is 10.3 Å². The predicted octanol–water partition coefficient (Wildman–Crippen LogP) is 3.06. The lowest BCUT2D eigenvalue weighted by molar-refractivity contribution is -0.141. The largest absolute Gasteiger partial charge is 0.496 e. The van der Waals surface area contributed by atoms with Crippen LogP contribution in [-0.2, 0) is 11.2 Å². The summed E-state index contributed by atoms with van der Waals surface area (Å²) >= 11 is 0. The Bertz CT molecular complexity index is 1290. The van der Waals surface area contributed by atoms with Gasteiger partial charge in [-0.2, -0.15) is 5.26 Å². The number of piperidine rings is 1. The van der Waals surface area contributed by atoms with Crippen LogP contribution >= 0.6 is 0 Å². The van der Waals surface area contributed by atoms with E-state index in [1.54, 1.807) is 25.3 Å². The number of methoxy groups -OCH3 is 1. The van der Waals surface area contributed by atoms with Gasteiger partial charge in [0.05, 0.1) is 18.9 Å². The van der Waals surface area contributed by atoms with Crippen LogP contribution in [0.3, 0.4) is 0 Å². The fourth-order valence-corrected chi connectivity index (χ4v) is 4.61. The molecule has 1 fully saturated rings. The number of nitrogens with one attached hydrogen (secondary N) is 2. The molecule has 170 valence electrons. The average molecular weight is 447 g/mol. The summed E-state index contributed by atoms with van der Waals surface area (Å²) in [5.74, 6) is -0.0838. The number of likely N-dealkylation sites (tertiary alicyclic amines) is 1. The van der Waals surface area contributed by atoms with Crippen molar-refractivity contribution in [2.45, 2.75) is 32.2 Å². The van der Waals surface area contributed by atoms with E-state index in [1.807, 2.05) is 25.1 Å². The van der Waals surface area contributed by atoms with Crippen molar-refractivity contribution in [3.05, 3.63) is 64.2 Å². The van der Waals surface area contributed by atoms with Crippen molar-refractivity contribution >= 4 is 22.6 Å². The lowest BCUT2D eigenvalue weighted by Crippen LogP contribution is -2.51. The molecule has 8 heteroatoms. The van der Waals surface area contributed by atoms with E-state index in [1.165, 1.54) is 11.1 Å². The monoisotopic (exact) mass is 446 g/mol. The van der Waals surface area contributed by atoms with E-state index in [-0.39, 0.29) is 36.0 Å². The fourth-order valence-electron chi connectivity index (χ4n) is 4.61. The van der Waals surface area contributed by atoms with Gasteiger partial charge in [-0.15, -0.1) is 0 Å². The molecule has 0 saturated carbocycles. The summed E-state index contributed by atoms with van der Waals surface area (Å²) in [5, 5.41) is 10.6. The second-order valence-electron chi connectivity index (χ2n) is 8.63. The van der Waals surface area contributed by atoms with E-state index in [4.69, 9.17) is 4.74 Å². The lowest BCUT2D eigenvalue weighted by atomic mass is 9.84. The minimum Gasteiger partial charge on any atom is -0.496 e. The van der Waals surface area contributed by atoms with Gasteiger partial charge in [0.25, 0.3) is 5.56 Å². The highest BCUT2D eigenvalue weighted by Gasteiger charge is 2.37. The highest BCUT2D eigenvalue weighted by molar-refractivity contribution is 6.02. The first-order chi connectivity index (χ1) is 15.9. The number of fused-ring (bicyclic) bond motifs is 1. The number of ketones is 1. The predicted molar refractivity (Wildman–Crippen MR) is 123 cm³/mol. The van der Waals surface area contributed by atoms with E-state index >= 15 is 0 Å². The van der Waals surface area contributed by atoms with Gasteiger partial charge in [-0.25, -0.2) is 0 Å². The van der Waals surface area contributed by atoms with Crippen LogP contribution in [0.25, 0.3) is 10.9 Å². The summed E-state index contributed by atoms with van der Waals surface area (Å²) in [6, 6.07) is 12.1. The molecule has 0 bridgehead atoms. The maximum Gasteiger partial charge on any atom is 0.251 e. The van der Waals surface area contributed by atoms with Crippen LogP contribution in [0.15, 0.2) is 47.4 Å². The molecule has 3 heterocycles. The third kappa shape index (κ3) is 4.53. The van der Waals surface area contributed by atoms with Crippen molar-refractivity contribution in [1.82, 2.24) is 14.9 Å². The number of nitrogens with zero attached hydrogens (tertiary/aromatic N) is 2. The number of hydrogen-bond donors (Lipinski definition) is 2. The first-order valence-electron chi connectivity index (χ1n) is 11.0. The van der Waals surface area contributed by atoms with Gasteiger partial charge in [0, 0.05) is 48.0 Å². The van der Waals surface area contributed by atoms with Crippen LogP contribution in [0, 0.1) is 23.2 Å². The van der Waals surface area contributed by atoms with Crippen molar-refractivity contribution in [1.29, 1.82) is 5.26 Å². The molecule has 2 N–H and O–H groups in total. The Morgan fingerprint density at radius 1 is 1.30 bits per heavy atom. The van der Waals surface area contributed by atoms with Gasteiger partial charge in [-0.3, -0.25) is 14.4 Å². The number of pyridine rings is 1. The van der Waals surface area contributed by atoms with E-state index in [0.29, 0.717) is 30.0 Å². The Balaban J connectivity index is 1.53. The van der Waals surface area contributed by atoms with Gasteiger partial charge in [-0.1, -0.05) is 19.1 Å². The summed E-state index contributed by atoms with van der Waals surface area (Å²) in [5.41, 5.74) is 1.41. The molecule has 0 aliphatic carbocycles. The topological polar surface area (TPSA) is 119 Å². The smallest absolute Gasteiger partial charge is 0.251 e. The van der Waals surface area contributed by atoms with Crippen LogP contribution in [0.2, 0.25) is 0 Å². The molecule has 1 aliphatic rings. The number of carbonyl (C=O) groups is 2.